The van der Waals surface area contributed by atoms with Crippen LogP contribution in [0.25, 0.3) is 0 Å². The number of para-hydroxylation sites is 2. The Hall–Kier alpha value is -2.83. The quantitative estimate of drug-likeness (QED) is 0.202. The van der Waals surface area contributed by atoms with Crippen LogP contribution in [0.2, 0.25) is 0 Å². The summed E-state index contributed by atoms with van der Waals surface area (Å²) in [5.74, 6) is 3.29. The van der Waals surface area contributed by atoms with Crippen molar-refractivity contribution in [1.82, 2.24) is 10.2 Å². The highest BCUT2D eigenvalue weighted by Crippen LogP contribution is 2.30. The lowest BCUT2D eigenvalue weighted by Crippen LogP contribution is -2.25. The van der Waals surface area contributed by atoms with Crippen molar-refractivity contribution in [2.24, 2.45) is 0 Å². The Morgan fingerprint density at radius 2 is 1.55 bits per heavy atom. The second-order valence-corrected chi connectivity index (χ2v) is 13.7. The van der Waals surface area contributed by atoms with Gasteiger partial charge in [0.15, 0.2) is 11.5 Å². The van der Waals surface area contributed by atoms with Crippen molar-refractivity contribution in [1.29, 1.82) is 0 Å². The summed E-state index contributed by atoms with van der Waals surface area (Å²) >= 11 is 3.23. The fourth-order valence-corrected chi connectivity index (χ4v) is 3.80. The summed E-state index contributed by atoms with van der Waals surface area (Å²) in [5.41, 5.74) is 0. The molecule has 0 aliphatic carbocycles. The number of aromatic nitrogens is 2. The number of unbranched alkanes of at least 4 members (excludes halogenated alkanes) is 1. The molecule has 1 fully saturated rings. The van der Waals surface area contributed by atoms with Gasteiger partial charge in [-0.15, -0.1) is 21.5 Å². The number of thioether (sulfide) groups is 1. The number of furan rings is 1. The second-order valence-electron chi connectivity index (χ2n) is 11.8. The Bertz CT molecular complexity index is 1200. The number of rotatable bonds is 4. The van der Waals surface area contributed by atoms with E-state index in [4.69, 9.17) is 32.9 Å². The molecule has 4 aromatic rings. The molecule has 0 spiro atoms. The molecule has 3 aromatic heterocycles. The Morgan fingerprint density at radius 3 is 1.82 bits per heavy atom. The number of nitrogens with zero attached hydrogens (tertiary/aromatic N) is 2. The van der Waals surface area contributed by atoms with E-state index >= 15 is 0 Å². The maximum absolute atomic E-state index is 8.36. The molecule has 2 aliphatic heterocycles. The molecule has 292 valence electrons. The van der Waals surface area contributed by atoms with E-state index in [0.717, 1.165) is 30.3 Å². The second kappa shape index (κ2) is 34.3. The summed E-state index contributed by atoms with van der Waals surface area (Å²) in [6.07, 6.45) is 10.6. The van der Waals surface area contributed by atoms with Gasteiger partial charge in [-0.05, 0) is 110 Å². The van der Waals surface area contributed by atoms with Gasteiger partial charge in [-0.25, -0.2) is 0 Å². The van der Waals surface area contributed by atoms with Crippen molar-refractivity contribution in [2.45, 2.75) is 138 Å². The van der Waals surface area contributed by atoms with Gasteiger partial charge in [0, 0.05) is 25.5 Å². The largest absolute Gasteiger partial charge is 0.486 e. The monoisotopic (exact) mass is 752 g/mol. The third-order valence-corrected chi connectivity index (χ3v) is 7.69. The molecule has 0 radical (unpaired) electrons. The van der Waals surface area contributed by atoms with E-state index in [2.05, 4.69) is 55.4 Å². The average molecular weight is 753 g/mol. The van der Waals surface area contributed by atoms with Crippen LogP contribution in [0.4, 0.5) is 0 Å². The first-order valence-electron chi connectivity index (χ1n) is 17.9. The number of benzene rings is 1. The van der Waals surface area contributed by atoms with Crippen molar-refractivity contribution in [3.63, 3.8) is 0 Å². The van der Waals surface area contributed by atoms with Crippen molar-refractivity contribution in [2.75, 3.05) is 26.6 Å². The highest BCUT2D eigenvalue weighted by atomic mass is 32.2. The molecule has 6 rings (SSSR count). The molecule has 3 atom stereocenters. The zero-order valence-electron chi connectivity index (χ0n) is 33.6. The minimum absolute atomic E-state index is 0.116. The van der Waals surface area contributed by atoms with Crippen LogP contribution >= 0.6 is 23.1 Å². The average Bonchev–Trinajstić information content (AvgIpc) is 3.98. The van der Waals surface area contributed by atoms with Gasteiger partial charge in [0.2, 0.25) is 5.89 Å². The highest BCUT2D eigenvalue weighted by molar-refractivity contribution is 7.98. The van der Waals surface area contributed by atoms with Crippen LogP contribution < -0.4 is 9.47 Å². The van der Waals surface area contributed by atoms with Crippen LogP contribution in [0.5, 0.6) is 11.5 Å². The number of hydrogen-bond acceptors (Lipinski definition) is 11. The van der Waals surface area contributed by atoms with E-state index in [-0.39, 0.29) is 12.2 Å². The van der Waals surface area contributed by atoms with E-state index in [1.807, 2.05) is 77.3 Å². The number of aliphatic hydroxyl groups excluding tert-OH is 1. The Morgan fingerprint density at radius 1 is 0.922 bits per heavy atom. The molecule has 0 bridgehead atoms. The number of aryl methyl sites for hydroxylation is 3. The molecule has 0 amide bonds. The highest BCUT2D eigenvalue weighted by Gasteiger charge is 2.15. The first-order chi connectivity index (χ1) is 24.3. The molecule has 3 unspecified atom stereocenters. The summed E-state index contributed by atoms with van der Waals surface area (Å²) in [6, 6.07) is 15.7. The van der Waals surface area contributed by atoms with E-state index in [1.54, 1.807) is 38.6 Å². The molecule has 51 heavy (non-hydrogen) atoms. The fourth-order valence-electron chi connectivity index (χ4n) is 2.95. The van der Waals surface area contributed by atoms with Gasteiger partial charge in [0.1, 0.15) is 18.5 Å². The van der Waals surface area contributed by atoms with E-state index in [1.165, 1.54) is 42.3 Å². The molecule has 1 saturated heterocycles. The number of ether oxygens (including phenoxy) is 4. The van der Waals surface area contributed by atoms with Gasteiger partial charge >= 0.3 is 0 Å². The van der Waals surface area contributed by atoms with Gasteiger partial charge in [0.25, 0.3) is 5.22 Å². The van der Waals surface area contributed by atoms with Crippen LogP contribution in [0.15, 0.2) is 74.2 Å². The number of hydrogen-bond donors (Lipinski definition) is 1. The normalized spacial score (nSPS) is 15.3. The summed E-state index contributed by atoms with van der Waals surface area (Å²) in [7, 11) is 1.70. The topological polar surface area (TPSA) is 109 Å². The molecular weight excluding hydrogens is 685 g/mol. The van der Waals surface area contributed by atoms with Crippen molar-refractivity contribution in [3.05, 3.63) is 76.7 Å². The van der Waals surface area contributed by atoms with Gasteiger partial charge in [-0.3, -0.25) is 0 Å². The minimum Gasteiger partial charge on any atom is -0.486 e. The summed E-state index contributed by atoms with van der Waals surface area (Å²) < 4.78 is 30.6. The van der Waals surface area contributed by atoms with Crippen LogP contribution in [-0.2, 0) is 9.47 Å². The lowest BCUT2D eigenvalue weighted by atomic mass is 10.3. The smallest absolute Gasteiger partial charge is 0.276 e. The van der Waals surface area contributed by atoms with E-state index in [0.29, 0.717) is 29.9 Å². The summed E-state index contributed by atoms with van der Waals surface area (Å²) in [6.45, 7) is 23.6. The first kappa shape index (κ1) is 50.3. The van der Waals surface area contributed by atoms with Crippen LogP contribution in [0.1, 0.15) is 104 Å². The number of thiophene rings is 1. The molecule has 2 aliphatic rings. The van der Waals surface area contributed by atoms with Gasteiger partial charge in [-0.1, -0.05) is 63.6 Å². The van der Waals surface area contributed by atoms with Crippen LogP contribution in [-0.4, -0.2) is 66.3 Å². The van der Waals surface area contributed by atoms with Gasteiger partial charge in [0.05, 0.1) is 24.6 Å². The first-order valence-corrected chi connectivity index (χ1v) is 20.0. The Kier molecular flexibility index (Phi) is 33.8. The SMILES string of the molecule is CC1CCCO1.CC1COc2ccccc2O1.CCC(C)O.CCCC.COC(C)C.CSc1nnc(C)o1.Cc1ccco1.Cc1cccs1. The zero-order chi connectivity index (χ0) is 38.9. The lowest BCUT2D eigenvalue weighted by Gasteiger charge is -2.23. The fraction of sp³-hybridized carbons (Fsp3) is 0.600. The van der Waals surface area contributed by atoms with Crippen molar-refractivity contribution >= 4 is 23.1 Å². The summed E-state index contributed by atoms with van der Waals surface area (Å²) in [4.78, 5) is 1.38. The molecule has 9 nitrogen and oxygen atoms in total. The maximum atomic E-state index is 8.36. The standard InChI is InChI=1S/C9H10O2.C5H10O.C5H6O.C5H6S.C4H6N2OS.2C4H10O.C4H10/c1-7-6-10-8-4-2-3-5-9(8)11-7;3*1-5-3-2-4-6-5;1-3-5-6-4(7-3)8-2;1-4(2)5-3;1-3-4(2)5;1-3-4-2/h2-5,7H,6H2,1H3;5H,2-4H2,1H3;2*2-4H,1H3;1-2H3;4H,1-3H3;4-5H,3H2,1-2H3;3-4H2,1-2H3. The van der Waals surface area contributed by atoms with E-state index in [9.17, 15) is 0 Å². The molecule has 0 saturated carbocycles. The third kappa shape index (κ3) is 32.8. The predicted octanol–water partition coefficient (Wildman–Crippen LogP) is 11.4. The molecule has 11 heteroatoms. The van der Waals surface area contributed by atoms with Crippen LogP contribution in [0.3, 0.4) is 0 Å². The molecule has 5 heterocycles. The predicted molar refractivity (Wildman–Crippen MR) is 215 cm³/mol. The van der Waals surface area contributed by atoms with Gasteiger partial charge < -0.3 is 32.9 Å². The number of fused-ring (bicyclic) bond motifs is 1. The molecule has 1 aromatic carbocycles. The van der Waals surface area contributed by atoms with Crippen LogP contribution in [0, 0.1) is 20.8 Å². The Balaban J connectivity index is 0. The molecule has 1 N–H and O–H groups in total. The maximum Gasteiger partial charge on any atom is 0.276 e. The number of aliphatic hydroxyl groups is 1. The third-order valence-electron chi connectivity index (χ3n) is 6.38. The van der Waals surface area contributed by atoms with Crippen molar-refractivity contribution < 1.29 is 32.9 Å². The molecular formula is C40H68N2O7S2. The lowest BCUT2D eigenvalue weighted by molar-refractivity contribution is 0.104. The summed E-state index contributed by atoms with van der Waals surface area (Å²) in [5, 5.41) is 18.4. The van der Waals surface area contributed by atoms with Gasteiger partial charge in [-0.2, -0.15) is 0 Å². The zero-order valence-corrected chi connectivity index (χ0v) is 35.3. The number of methoxy groups -OCH3 is 1. The minimum atomic E-state index is -0.116. The Labute approximate surface area is 317 Å². The van der Waals surface area contributed by atoms with Crippen molar-refractivity contribution in [3.8, 4) is 11.5 Å². The van der Waals surface area contributed by atoms with E-state index < -0.39 is 0 Å².